The summed E-state index contributed by atoms with van der Waals surface area (Å²) in [5, 5.41) is 3.42. The lowest BCUT2D eigenvalue weighted by molar-refractivity contribution is -0.133. The molecule has 0 radical (unpaired) electrons. The monoisotopic (exact) mass is 407 g/mol. The van der Waals surface area contributed by atoms with Gasteiger partial charge in [0.2, 0.25) is 11.8 Å². The molecule has 1 N–H and O–H groups in total. The summed E-state index contributed by atoms with van der Waals surface area (Å²) in [6, 6.07) is 14.7. The number of amides is 2. The van der Waals surface area contributed by atoms with Gasteiger partial charge in [0.1, 0.15) is 0 Å². The Balaban J connectivity index is 1.89. The van der Waals surface area contributed by atoms with Crippen molar-refractivity contribution in [2.75, 3.05) is 32.5 Å². The van der Waals surface area contributed by atoms with Gasteiger partial charge in [0.25, 0.3) is 0 Å². The molecule has 0 saturated carbocycles. The van der Waals surface area contributed by atoms with Gasteiger partial charge in [-0.2, -0.15) is 0 Å². The molecule has 144 valence electrons. The van der Waals surface area contributed by atoms with Gasteiger partial charge in [0.15, 0.2) is 0 Å². The third-order valence-electron chi connectivity index (χ3n) is 4.30. The predicted octanol–water partition coefficient (Wildman–Crippen LogP) is 4.08. The Bertz CT molecular complexity index is 779. The lowest BCUT2D eigenvalue weighted by Crippen LogP contribution is -2.40. The Kier molecular flexibility index (Phi) is 7.66. The molecule has 7 heteroatoms. The van der Waals surface area contributed by atoms with Crippen LogP contribution in [0.4, 0.5) is 5.69 Å². The first-order valence-electron chi connectivity index (χ1n) is 8.52. The maximum Gasteiger partial charge on any atom is 0.238 e. The minimum Gasteiger partial charge on any atom is -0.338 e. The molecule has 2 aromatic carbocycles. The van der Waals surface area contributed by atoms with Gasteiger partial charge in [0.05, 0.1) is 34.9 Å². The maximum absolute atomic E-state index is 12.5. The minimum absolute atomic E-state index is 0.0425. The van der Waals surface area contributed by atoms with Gasteiger partial charge >= 0.3 is 0 Å². The van der Waals surface area contributed by atoms with Crippen molar-refractivity contribution in [3.05, 3.63) is 64.1 Å². The summed E-state index contributed by atoms with van der Waals surface area (Å²) in [6.45, 7) is 2.14. The van der Waals surface area contributed by atoms with E-state index in [0.29, 0.717) is 15.7 Å². The summed E-state index contributed by atoms with van der Waals surface area (Å²) in [5.74, 6) is -0.364. The first-order valence-corrected chi connectivity index (χ1v) is 9.28. The highest BCUT2D eigenvalue weighted by Crippen LogP contribution is 2.29. The summed E-state index contributed by atoms with van der Waals surface area (Å²) in [5.41, 5.74) is 1.43. The zero-order chi connectivity index (χ0) is 20.0. The summed E-state index contributed by atoms with van der Waals surface area (Å²) in [4.78, 5) is 28.1. The molecule has 2 amide bonds. The van der Waals surface area contributed by atoms with Gasteiger partial charge in [-0.1, -0.05) is 59.6 Å². The molecule has 0 aliphatic rings. The van der Waals surface area contributed by atoms with Crippen LogP contribution in [-0.2, 0) is 9.59 Å². The molecular weight excluding hydrogens is 385 g/mol. The van der Waals surface area contributed by atoms with E-state index in [9.17, 15) is 9.59 Å². The maximum atomic E-state index is 12.5. The van der Waals surface area contributed by atoms with Gasteiger partial charge in [-0.25, -0.2) is 0 Å². The first kappa shape index (κ1) is 21.2. The molecule has 0 spiro atoms. The molecule has 0 aliphatic carbocycles. The molecule has 0 fully saturated rings. The number of hydrogen-bond donors (Lipinski definition) is 1. The lowest BCUT2D eigenvalue weighted by atomic mass is 10.1. The fraction of sp³-hybridized carbons (Fsp3) is 0.300. The van der Waals surface area contributed by atoms with E-state index in [1.54, 1.807) is 42.1 Å². The number of nitrogens with one attached hydrogen (secondary N) is 1. The van der Waals surface area contributed by atoms with Crippen molar-refractivity contribution in [1.82, 2.24) is 9.80 Å². The molecule has 0 aromatic heterocycles. The van der Waals surface area contributed by atoms with E-state index in [1.807, 2.05) is 37.3 Å². The van der Waals surface area contributed by atoms with Crippen molar-refractivity contribution >= 4 is 40.7 Å². The third-order valence-corrected chi connectivity index (χ3v) is 4.93. The van der Waals surface area contributed by atoms with Crippen LogP contribution in [0.2, 0.25) is 10.0 Å². The first-order chi connectivity index (χ1) is 12.8. The number of halogens is 2. The van der Waals surface area contributed by atoms with Crippen molar-refractivity contribution < 1.29 is 9.59 Å². The number of benzene rings is 2. The fourth-order valence-corrected chi connectivity index (χ4v) is 3.10. The van der Waals surface area contributed by atoms with Crippen LogP contribution >= 0.6 is 23.2 Å². The van der Waals surface area contributed by atoms with Crippen molar-refractivity contribution in [2.45, 2.75) is 13.0 Å². The van der Waals surface area contributed by atoms with Gasteiger partial charge < -0.3 is 10.2 Å². The van der Waals surface area contributed by atoms with E-state index >= 15 is 0 Å². The highest BCUT2D eigenvalue weighted by molar-refractivity contribution is 6.39. The number of hydrogen-bond acceptors (Lipinski definition) is 3. The third kappa shape index (κ3) is 5.96. The largest absolute Gasteiger partial charge is 0.338 e. The van der Waals surface area contributed by atoms with Crippen LogP contribution in [0.3, 0.4) is 0 Å². The summed E-state index contributed by atoms with van der Waals surface area (Å²) >= 11 is 12.1. The molecule has 0 unspecified atom stereocenters. The predicted molar refractivity (Wildman–Crippen MR) is 110 cm³/mol. The molecule has 5 nitrogen and oxygen atoms in total. The van der Waals surface area contributed by atoms with Crippen molar-refractivity contribution in [1.29, 1.82) is 0 Å². The van der Waals surface area contributed by atoms with E-state index in [2.05, 4.69) is 5.32 Å². The molecule has 0 saturated heterocycles. The normalized spacial score (nSPS) is 11.9. The molecule has 0 aliphatic heterocycles. The molecule has 2 rings (SSSR count). The summed E-state index contributed by atoms with van der Waals surface area (Å²) < 4.78 is 0. The zero-order valence-electron chi connectivity index (χ0n) is 15.6. The second kappa shape index (κ2) is 9.74. The van der Waals surface area contributed by atoms with Gasteiger partial charge in [-0.05, 0) is 31.7 Å². The van der Waals surface area contributed by atoms with E-state index in [0.717, 1.165) is 5.56 Å². The van der Waals surface area contributed by atoms with Crippen LogP contribution in [0, 0.1) is 0 Å². The average molecular weight is 408 g/mol. The van der Waals surface area contributed by atoms with Gasteiger partial charge in [0, 0.05) is 7.05 Å². The standard InChI is InChI=1S/C20H23Cl2N3O2/c1-14(15-8-5-4-6-9-15)25(3)19(27)13-24(2)12-18(26)23-20-16(21)10-7-11-17(20)22/h4-11,14H,12-13H2,1-3H3,(H,23,26)/t14-/m1/s1. The second-order valence-corrected chi connectivity index (χ2v) is 7.22. The number of rotatable bonds is 7. The summed E-state index contributed by atoms with van der Waals surface area (Å²) in [7, 11) is 3.48. The summed E-state index contributed by atoms with van der Waals surface area (Å²) in [6.07, 6.45) is 0. The number of likely N-dealkylation sites (N-methyl/N-ethyl adjacent to an activating group) is 2. The smallest absolute Gasteiger partial charge is 0.238 e. The Morgan fingerprint density at radius 1 is 0.963 bits per heavy atom. The lowest BCUT2D eigenvalue weighted by Gasteiger charge is -2.27. The van der Waals surface area contributed by atoms with Crippen LogP contribution in [0.15, 0.2) is 48.5 Å². The number of anilines is 1. The topological polar surface area (TPSA) is 52.7 Å². The van der Waals surface area contributed by atoms with Gasteiger partial charge in [-0.15, -0.1) is 0 Å². The molecule has 2 aromatic rings. The Hall–Kier alpha value is -2.08. The average Bonchev–Trinajstić information content (AvgIpc) is 2.64. The van der Waals surface area contributed by atoms with Crippen LogP contribution in [-0.4, -0.2) is 48.8 Å². The zero-order valence-corrected chi connectivity index (χ0v) is 17.1. The SMILES string of the molecule is C[C@H](c1ccccc1)N(C)C(=O)CN(C)CC(=O)Nc1c(Cl)cccc1Cl. The second-order valence-electron chi connectivity index (χ2n) is 6.41. The van der Waals surface area contributed by atoms with Gasteiger partial charge in [-0.3, -0.25) is 14.5 Å². The highest BCUT2D eigenvalue weighted by atomic mass is 35.5. The van der Waals surface area contributed by atoms with Crippen LogP contribution in [0.25, 0.3) is 0 Å². The van der Waals surface area contributed by atoms with Crippen molar-refractivity contribution in [3.63, 3.8) is 0 Å². The van der Waals surface area contributed by atoms with E-state index in [1.165, 1.54) is 0 Å². The Morgan fingerprint density at radius 2 is 1.56 bits per heavy atom. The molecular formula is C20H23Cl2N3O2. The quantitative estimate of drug-likeness (QED) is 0.751. The number of nitrogens with zero attached hydrogens (tertiary/aromatic N) is 2. The highest BCUT2D eigenvalue weighted by Gasteiger charge is 2.20. The van der Waals surface area contributed by atoms with E-state index < -0.39 is 0 Å². The van der Waals surface area contributed by atoms with E-state index in [4.69, 9.17) is 23.2 Å². The van der Waals surface area contributed by atoms with Crippen LogP contribution < -0.4 is 5.32 Å². The molecule has 27 heavy (non-hydrogen) atoms. The number of para-hydroxylation sites is 1. The molecule has 0 heterocycles. The Morgan fingerprint density at radius 3 is 2.15 bits per heavy atom. The van der Waals surface area contributed by atoms with Crippen LogP contribution in [0.5, 0.6) is 0 Å². The number of carbonyl (C=O) groups is 2. The van der Waals surface area contributed by atoms with Crippen molar-refractivity contribution in [2.24, 2.45) is 0 Å². The Labute approximate surface area is 169 Å². The molecule has 1 atom stereocenters. The van der Waals surface area contributed by atoms with E-state index in [-0.39, 0.29) is 30.9 Å². The van der Waals surface area contributed by atoms with Crippen LogP contribution in [0.1, 0.15) is 18.5 Å². The number of carbonyl (C=O) groups excluding carboxylic acids is 2. The fourth-order valence-electron chi connectivity index (χ4n) is 2.61. The van der Waals surface area contributed by atoms with Crippen molar-refractivity contribution in [3.8, 4) is 0 Å². The minimum atomic E-state index is -0.293. The molecule has 0 bridgehead atoms.